The van der Waals surface area contributed by atoms with Crippen molar-refractivity contribution in [2.24, 2.45) is 20.5 Å². The van der Waals surface area contributed by atoms with E-state index in [1.165, 1.54) is 36.4 Å². The van der Waals surface area contributed by atoms with Gasteiger partial charge < -0.3 is 11.5 Å². The van der Waals surface area contributed by atoms with Crippen molar-refractivity contribution in [2.75, 3.05) is 11.5 Å². The van der Waals surface area contributed by atoms with Crippen molar-refractivity contribution < 1.29 is 51.9 Å². The number of benzene rings is 6. The second-order valence-corrected chi connectivity index (χ2v) is 21.9. The maximum atomic E-state index is 12.7. The zero-order valence-electron chi connectivity index (χ0n) is 33.6. The van der Waals surface area contributed by atoms with Crippen LogP contribution in [-0.4, -0.2) is 61.9 Å². The van der Waals surface area contributed by atoms with E-state index < -0.39 is 61.4 Å². The highest BCUT2D eigenvalue weighted by molar-refractivity contribution is 7.87. The molecule has 2 heterocycles. The first kappa shape index (κ1) is 46.1. The Balaban J connectivity index is 1.12. The van der Waals surface area contributed by atoms with Crippen molar-refractivity contribution in [3.8, 4) is 32.3 Å². The lowest BCUT2D eigenvalue weighted by Gasteiger charge is -2.15. The van der Waals surface area contributed by atoms with Gasteiger partial charge in [0.25, 0.3) is 40.5 Å². The summed E-state index contributed by atoms with van der Waals surface area (Å²) in [6.07, 6.45) is 0. The number of azo groups is 2. The van der Waals surface area contributed by atoms with E-state index >= 15 is 0 Å². The monoisotopic (exact) mass is 1010 g/mol. The highest BCUT2D eigenvalue weighted by Gasteiger charge is 2.27. The summed E-state index contributed by atoms with van der Waals surface area (Å²) >= 11 is 2.11. The third-order valence-electron chi connectivity index (χ3n) is 9.81. The first-order chi connectivity index (χ1) is 30.9. The molecule has 8 N–H and O–H groups in total. The lowest BCUT2D eigenvalue weighted by atomic mass is 10.0. The third kappa shape index (κ3) is 9.18. The van der Waals surface area contributed by atoms with Crippen LogP contribution in [-0.2, 0) is 40.5 Å². The molecule has 0 amide bonds. The van der Waals surface area contributed by atoms with Gasteiger partial charge in [-0.1, -0.05) is 12.1 Å². The summed E-state index contributed by atoms with van der Waals surface area (Å²) in [5.41, 5.74) is 13.3. The zero-order valence-corrected chi connectivity index (χ0v) is 38.5. The lowest BCUT2D eigenvalue weighted by molar-refractivity contribution is 0.480. The van der Waals surface area contributed by atoms with Crippen LogP contribution in [0.1, 0.15) is 11.1 Å². The molecule has 0 radical (unpaired) electrons. The van der Waals surface area contributed by atoms with E-state index in [4.69, 9.17) is 11.5 Å². The number of hydrogen-bond acceptors (Lipinski definition) is 18. The van der Waals surface area contributed by atoms with Gasteiger partial charge in [-0.15, -0.1) is 32.9 Å². The van der Waals surface area contributed by atoms with Crippen LogP contribution in [0.4, 0.5) is 34.1 Å². The smallest absolute Gasteiger partial charge is 0.296 e. The molecule has 0 fully saturated rings. The van der Waals surface area contributed by atoms with Crippen LogP contribution in [0.15, 0.2) is 137 Å². The molecule has 0 saturated heterocycles. The molecule has 338 valence electrons. The van der Waals surface area contributed by atoms with Gasteiger partial charge in [0.1, 0.15) is 41.0 Å². The third-order valence-corrected chi connectivity index (χ3v) is 16.2. The molecule has 20 nitrogen and oxygen atoms in total. The molecule has 8 rings (SSSR count). The topological polar surface area (TPSA) is 345 Å². The number of hydrogen-bond donors (Lipinski definition) is 6. The minimum absolute atomic E-state index is 0.195. The van der Waals surface area contributed by atoms with Gasteiger partial charge in [0, 0.05) is 22.3 Å². The average molecular weight is 1010 g/mol. The SMILES string of the molecule is Cc1ccc2nc(-c3ccc(N=Nc4cc(-c5cc(N=Nc6ccc(-c7nc8ccc(C)c(S(=O)(=O)O)c8s7)cc6)c(N)cc5S(=O)(=O)O)c(S(=O)(=O)O)cc4N)cc3)sc2c1S(=O)(=O)O. The molecule has 0 saturated carbocycles. The van der Waals surface area contributed by atoms with Gasteiger partial charge in [-0.3, -0.25) is 18.2 Å². The summed E-state index contributed by atoms with van der Waals surface area (Å²) in [7, 11) is -19.4. The van der Waals surface area contributed by atoms with Crippen LogP contribution in [0.25, 0.3) is 52.7 Å². The van der Waals surface area contributed by atoms with E-state index in [1.54, 1.807) is 50.2 Å². The highest BCUT2D eigenvalue weighted by atomic mass is 32.2. The number of aromatic nitrogens is 2. The number of aryl methyl sites for hydroxylation is 2. The molecule has 8 aromatic rings. The van der Waals surface area contributed by atoms with Crippen molar-refractivity contribution in [1.82, 2.24) is 9.97 Å². The molecule has 0 atom stereocenters. The molecule has 26 heteroatoms. The van der Waals surface area contributed by atoms with E-state index in [-0.39, 0.29) is 53.3 Å². The summed E-state index contributed by atoms with van der Waals surface area (Å²) in [6, 6.07) is 22.6. The molecular formula is C40H30N8O12S6. The Hall–Kier alpha value is -6.46. The first-order valence-electron chi connectivity index (χ1n) is 18.5. The van der Waals surface area contributed by atoms with Gasteiger partial charge in [-0.05, 0) is 110 Å². The van der Waals surface area contributed by atoms with Gasteiger partial charge in [-0.2, -0.15) is 43.9 Å². The number of fused-ring (bicyclic) bond motifs is 2. The Labute approximate surface area is 383 Å². The van der Waals surface area contributed by atoms with Crippen LogP contribution in [0.5, 0.6) is 0 Å². The predicted molar refractivity (Wildman–Crippen MR) is 248 cm³/mol. The van der Waals surface area contributed by atoms with Crippen molar-refractivity contribution in [3.63, 3.8) is 0 Å². The fraction of sp³-hybridized carbons (Fsp3) is 0.0500. The first-order valence-corrected chi connectivity index (χ1v) is 25.9. The van der Waals surface area contributed by atoms with Crippen LogP contribution in [0, 0.1) is 13.8 Å². The van der Waals surface area contributed by atoms with Gasteiger partial charge in [-0.25, -0.2) is 9.97 Å². The minimum Gasteiger partial charge on any atom is -0.397 e. The fourth-order valence-electron chi connectivity index (χ4n) is 6.77. The van der Waals surface area contributed by atoms with Crippen LogP contribution in [0.2, 0.25) is 0 Å². The maximum Gasteiger partial charge on any atom is 0.296 e. The fourth-order valence-corrected chi connectivity index (χ4v) is 12.9. The average Bonchev–Trinajstić information content (AvgIpc) is 3.86. The Kier molecular flexibility index (Phi) is 11.7. The number of rotatable bonds is 11. The largest absolute Gasteiger partial charge is 0.397 e. The van der Waals surface area contributed by atoms with Gasteiger partial charge >= 0.3 is 0 Å². The molecule has 6 aromatic carbocycles. The molecular weight excluding hydrogens is 977 g/mol. The molecule has 0 bridgehead atoms. The van der Waals surface area contributed by atoms with Crippen LogP contribution in [0.3, 0.4) is 0 Å². The quantitative estimate of drug-likeness (QED) is 0.0399. The number of nitrogen functional groups attached to an aromatic ring is 2. The Bertz CT molecular complexity index is 3600. The molecule has 2 aromatic heterocycles. The molecule has 0 aliphatic rings. The number of nitrogens with two attached hydrogens (primary N) is 2. The minimum atomic E-state index is -5.14. The van der Waals surface area contributed by atoms with E-state index in [1.807, 2.05) is 0 Å². The summed E-state index contributed by atoms with van der Waals surface area (Å²) in [5, 5.41) is 17.5. The molecule has 0 aliphatic carbocycles. The van der Waals surface area contributed by atoms with E-state index in [0.717, 1.165) is 46.9 Å². The number of thiazole rings is 2. The normalized spacial score (nSPS) is 12.9. The van der Waals surface area contributed by atoms with Crippen molar-refractivity contribution in [3.05, 3.63) is 108 Å². The summed E-state index contributed by atoms with van der Waals surface area (Å²) in [5.74, 6) is 0. The van der Waals surface area contributed by atoms with Crippen molar-refractivity contribution in [1.29, 1.82) is 0 Å². The Morgan fingerprint density at radius 3 is 1.14 bits per heavy atom. The van der Waals surface area contributed by atoms with Crippen LogP contribution >= 0.6 is 22.7 Å². The standard InChI is InChI=1S/C40H30N8O12S6/c1-19-3-13-29-35(37(19)65(55,56)57)61-39(43-29)21-5-9-23(10-6-21)45-47-31-15-25(33(17-27(31)41)63(49,50)51)26-16-32(28(42)18-34(26)64(52,53)54)48-46-24-11-7-22(8-12-24)40-44-30-14-4-20(2)38(36(30)62-40)66(58,59)60/h3-18H,41-42H2,1-2H3,(H,49,50,51)(H,52,53,54)(H,55,56,57)(H,58,59,60). The van der Waals surface area contributed by atoms with Crippen molar-refractivity contribution >= 4 is 118 Å². The van der Waals surface area contributed by atoms with Crippen molar-refractivity contribution in [2.45, 2.75) is 33.4 Å². The Morgan fingerprint density at radius 2 is 0.818 bits per heavy atom. The van der Waals surface area contributed by atoms with E-state index in [2.05, 4.69) is 30.4 Å². The van der Waals surface area contributed by atoms with E-state index in [9.17, 15) is 51.9 Å². The summed E-state index contributed by atoms with van der Waals surface area (Å²) in [6.45, 7) is 3.10. The zero-order chi connectivity index (χ0) is 47.7. The molecule has 0 spiro atoms. The van der Waals surface area contributed by atoms with Crippen LogP contribution < -0.4 is 11.5 Å². The highest BCUT2D eigenvalue weighted by Crippen LogP contribution is 2.43. The van der Waals surface area contributed by atoms with Gasteiger partial charge in [0.05, 0.1) is 43.2 Å². The summed E-state index contributed by atoms with van der Waals surface area (Å²) < 4.78 is 140. The Morgan fingerprint density at radius 1 is 0.470 bits per heavy atom. The lowest BCUT2D eigenvalue weighted by Crippen LogP contribution is -2.07. The van der Waals surface area contributed by atoms with E-state index in [0.29, 0.717) is 43.3 Å². The van der Waals surface area contributed by atoms with Gasteiger partial charge in [0.2, 0.25) is 0 Å². The molecule has 0 aliphatic heterocycles. The predicted octanol–water partition coefficient (Wildman–Crippen LogP) is 9.51. The number of nitrogens with zero attached hydrogens (tertiary/aromatic N) is 6. The second-order valence-electron chi connectivity index (χ2n) is 14.4. The second kappa shape index (κ2) is 16.8. The van der Waals surface area contributed by atoms with Gasteiger partial charge in [0.15, 0.2) is 0 Å². The molecule has 0 unspecified atom stereocenters. The summed E-state index contributed by atoms with van der Waals surface area (Å²) in [4.78, 5) is 6.77. The number of anilines is 2. The molecule has 66 heavy (non-hydrogen) atoms. The maximum absolute atomic E-state index is 12.7.